The van der Waals surface area contributed by atoms with E-state index >= 15 is 0 Å². The first-order valence-corrected chi connectivity index (χ1v) is 10.3. The van der Waals surface area contributed by atoms with Crippen LogP contribution in [0.15, 0.2) is 18.2 Å². The van der Waals surface area contributed by atoms with E-state index in [0.29, 0.717) is 25.2 Å². The average molecular weight is 434 g/mol. The maximum Gasteiger partial charge on any atom is 0.272 e. The smallest absolute Gasteiger partial charge is 0.272 e. The second kappa shape index (κ2) is 8.74. The van der Waals surface area contributed by atoms with Crippen molar-refractivity contribution in [2.75, 3.05) is 13.6 Å². The number of fused-ring (bicyclic) bond motifs is 1. The topological polar surface area (TPSA) is 93.2 Å². The summed E-state index contributed by atoms with van der Waals surface area (Å²) in [6.45, 7) is 7.60. The van der Waals surface area contributed by atoms with E-state index in [-0.39, 0.29) is 22.5 Å². The quantitative estimate of drug-likeness (QED) is 0.758. The monoisotopic (exact) mass is 433 g/mol. The maximum absolute atomic E-state index is 14.5. The number of nitrogens with one attached hydrogen (secondary N) is 1. The van der Waals surface area contributed by atoms with Crippen LogP contribution in [0, 0.1) is 17.0 Å². The molecule has 2 aromatic rings. The normalized spacial score (nSPS) is 15.8. The van der Waals surface area contributed by atoms with Crippen molar-refractivity contribution < 1.29 is 18.4 Å². The molecule has 1 aromatic carbocycles. The van der Waals surface area contributed by atoms with Crippen molar-refractivity contribution in [1.29, 1.82) is 0 Å². The highest BCUT2D eigenvalue weighted by atomic mass is 19.1. The maximum atomic E-state index is 14.5. The number of rotatable bonds is 5. The van der Waals surface area contributed by atoms with Gasteiger partial charge >= 0.3 is 0 Å². The molecule has 1 unspecified atom stereocenters. The van der Waals surface area contributed by atoms with Crippen molar-refractivity contribution in [2.24, 2.45) is 11.1 Å². The fourth-order valence-electron chi connectivity index (χ4n) is 3.84. The first-order valence-electron chi connectivity index (χ1n) is 10.3. The molecule has 1 atom stereocenters. The Hall–Kier alpha value is -2.81. The van der Waals surface area contributed by atoms with Gasteiger partial charge in [0.1, 0.15) is 23.5 Å². The third kappa shape index (κ3) is 5.28. The fraction of sp³-hybridized carbons (Fsp3) is 0.500. The van der Waals surface area contributed by atoms with E-state index in [1.807, 2.05) is 32.7 Å². The van der Waals surface area contributed by atoms with Crippen LogP contribution in [0.2, 0.25) is 0 Å². The molecule has 3 N–H and O–H groups in total. The van der Waals surface area contributed by atoms with Crippen LogP contribution in [-0.2, 0) is 17.9 Å². The number of primary amides is 1. The molecule has 0 fully saturated rings. The summed E-state index contributed by atoms with van der Waals surface area (Å²) in [5.41, 5.74) is 6.13. The highest BCUT2D eigenvalue weighted by Gasteiger charge is 2.30. The van der Waals surface area contributed by atoms with Crippen molar-refractivity contribution in [3.05, 3.63) is 41.2 Å². The van der Waals surface area contributed by atoms with E-state index in [2.05, 4.69) is 10.3 Å². The molecule has 0 aliphatic carbocycles. The molecule has 0 bridgehead atoms. The zero-order valence-electron chi connectivity index (χ0n) is 18.3. The highest BCUT2D eigenvalue weighted by molar-refractivity contribution is 5.97. The summed E-state index contributed by atoms with van der Waals surface area (Å²) >= 11 is 0. The molecule has 31 heavy (non-hydrogen) atoms. The van der Waals surface area contributed by atoms with Gasteiger partial charge in [0.05, 0.1) is 11.3 Å². The molecule has 1 aromatic heterocycles. The van der Waals surface area contributed by atoms with Crippen molar-refractivity contribution >= 4 is 11.8 Å². The molecule has 3 rings (SSSR count). The number of amides is 2. The van der Waals surface area contributed by atoms with Gasteiger partial charge in [-0.05, 0) is 44.0 Å². The van der Waals surface area contributed by atoms with Gasteiger partial charge in [-0.3, -0.25) is 9.59 Å². The number of hydrogen-bond acceptors (Lipinski definition) is 4. The number of nitrogens with zero attached hydrogens (tertiary/aromatic N) is 3. The summed E-state index contributed by atoms with van der Waals surface area (Å²) in [4.78, 5) is 31.6. The van der Waals surface area contributed by atoms with Crippen LogP contribution in [0.5, 0.6) is 0 Å². The van der Waals surface area contributed by atoms with E-state index in [1.165, 1.54) is 6.07 Å². The molecule has 0 radical (unpaired) electrons. The van der Waals surface area contributed by atoms with Gasteiger partial charge in [-0.25, -0.2) is 13.8 Å². The van der Waals surface area contributed by atoms with Crippen molar-refractivity contribution in [3.8, 4) is 11.4 Å². The second-order valence-corrected chi connectivity index (χ2v) is 9.29. The van der Waals surface area contributed by atoms with Gasteiger partial charge in [0, 0.05) is 19.2 Å². The largest absolute Gasteiger partial charge is 0.368 e. The zero-order chi connectivity index (χ0) is 22.9. The average Bonchev–Trinajstić information content (AvgIpc) is 2.86. The van der Waals surface area contributed by atoms with Gasteiger partial charge in [0.25, 0.3) is 5.91 Å². The SMILES string of the molecule is CN1CCCn2c(-c3ccc(F)cc3F)nc(C(=O)NC(CC(C)(C)C)C(N)=O)c2C1. The van der Waals surface area contributed by atoms with Gasteiger partial charge in [0.2, 0.25) is 5.91 Å². The van der Waals surface area contributed by atoms with E-state index in [4.69, 9.17) is 5.73 Å². The zero-order valence-corrected chi connectivity index (χ0v) is 18.3. The highest BCUT2D eigenvalue weighted by Crippen LogP contribution is 2.29. The Morgan fingerprint density at radius 1 is 1.26 bits per heavy atom. The minimum Gasteiger partial charge on any atom is -0.368 e. The number of imidazole rings is 1. The molecule has 1 aliphatic rings. The first-order chi connectivity index (χ1) is 14.5. The summed E-state index contributed by atoms with van der Waals surface area (Å²) in [5, 5.41) is 2.70. The lowest BCUT2D eigenvalue weighted by molar-refractivity contribution is -0.120. The Kier molecular flexibility index (Phi) is 6.45. The van der Waals surface area contributed by atoms with E-state index < -0.39 is 29.5 Å². The van der Waals surface area contributed by atoms with Crippen LogP contribution in [0.3, 0.4) is 0 Å². The standard InChI is InChI=1S/C22H29F2N5O2/c1-22(2,3)11-16(19(25)30)26-21(31)18-17-12-28(4)8-5-9-29(17)20(27-18)14-7-6-13(23)10-15(14)24/h6-7,10,16H,5,8-9,11-12H2,1-4H3,(H2,25,30)(H,26,31). The number of benzene rings is 1. The molecule has 2 amide bonds. The molecule has 9 heteroatoms. The molecule has 0 saturated carbocycles. The van der Waals surface area contributed by atoms with E-state index in [1.54, 1.807) is 4.57 Å². The number of hydrogen-bond donors (Lipinski definition) is 2. The van der Waals surface area contributed by atoms with Crippen molar-refractivity contribution in [1.82, 2.24) is 19.8 Å². The van der Waals surface area contributed by atoms with E-state index in [0.717, 1.165) is 25.1 Å². The number of nitrogens with two attached hydrogens (primary N) is 1. The van der Waals surface area contributed by atoms with Gasteiger partial charge in [-0.15, -0.1) is 0 Å². The first kappa shape index (κ1) is 22.9. The third-order valence-electron chi connectivity index (χ3n) is 5.27. The lowest BCUT2D eigenvalue weighted by Gasteiger charge is -2.24. The molecule has 2 heterocycles. The minimum atomic E-state index is -0.862. The lowest BCUT2D eigenvalue weighted by atomic mass is 9.88. The van der Waals surface area contributed by atoms with Crippen LogP contribution in [-0.4, -0.2) is 45.9 Å². The minimum absolute atomic E-state index is 0.118. The third-order valence-corrected chi connectivity index (χ3v) is 5.27. The number of halogens is 2. The Morgan fingerprint density at radius 2 is 1.97 bits per heavy atom. The summed E-state index contributed by atoms with van der Waals surface area (Å²) in [6, 6.07) is 2.42. The molecule has 0 saturated heterocycles. The predicted molar refractivity (Wildman–Crippen MR) is 113 cm³/mol. The summed E-state index contributed by atoms with van der Waals surface area (Å²) < 4.78 is 29.8. The van der Waals surface area contributed by atoms with Gasteiger partial charge in [-0.2, -0.15) is 0 Å². The van der Waals surface area contributed by atoms with Crippen molar-refractivity contribution in [2.45, 2.75) is 52.7 Å². The molecular weight excluding hydrogens is 404 g/mol. The predicted octanol–water partition coefficient (Wildman–Crippen LogP) is 2.68. The van der Waals surface area contributed by atoms with Gasteiger partial charge < -0.3 is 20.5 Å². The van der Waals surface area contributed by atoms with Gasteiger partial charge in [-0.1, -0.05) is 20.8 Å². The number of aromatic nitrogens is 2. The lowest BCUT2D eigenvalue weighted by Crippen LogP contribution is -2.46. The molecular formula is C22H29F2N5O2. The van der Waals surface area contributed by atoms with Crippen molar-refractivity contribution in [3.63, 3.8) is 0 Å². The van der Waals surface area contributed by atoms with Crippen LogP contribution in [0.25, 0.3) is 11.4 Å². The molecule has 168 valence electrons. The summed E-state index contributed by atoms with van der Waals surface area (Å²) in [6.07, 6.45) is 1.15. The Labute approximate surface area is 180 Å². The Morgan fingerprint density at radius 3 is 2.58 bits per heavy atom. The van der Waals surface area contributed by atoms with Crippen LogP contribution in [0.4, 0.5) is 8.78 Å². The van der Waals surface area contributed by atoms with Crippen LogP contribution < -0.4 is 11.1 Å². The molecule has 1 aliphatic heterocycles. The number of carbonyl (C=O) groups excluding carboxylic acids is 2. The Bertz CT molecular complexity index is 997. The second-order valence-electron chi connectivity index (χ2n) is 9.29. The fourth-order valence-corrected chi connectivity index (χ4v) is 3.84. The van der Waals surface area contributed by atoms with E-state index in [9.17, 15) is 18.4 Å². The Balaban J connectivity index is 2.04. The number of carbonyl (C=O) groups is 2. The van der Waals surface area contributed by atoms with Crippen LogP contribution >= 0.6 is 0 Å². The molecule has 7 nitrogen and oxygen atoms in total. The molecule has 0 spiro atoms. The van der Waals surface area contributed by atoms with Crippen LogP contribution in [0.1, 0.15) is 49.8 Å². The van der Waals surface area contributed by atoms with Gasteiger partial charge in [0.15, 0.2) is 5.69 Å². The summed E-state index contributed by atoms with van der Waals surface area (Å²) in [7, 11) is 1.92. The summed E-state index contributed by atoms with van der Waals surface area (Å²) in [5.74, 6) is -2.34.